The number of hydrogen-bond acceptors (Lipinski definition) is 5. The van der Waals surface area contributed by atoms with Gasteiger partial charge in [0.2, 0.25) is 9.84 Å². The standard InChI is InChI=1S/C12H8Cl2O5S2/c13-11-7(19-6-9(15)16)3-4-8(12(11)14)21(17,18)10-2-1-5-20-10/h1-5H,6H2,(H,15,16). The van der Waals surface area contributed by atoms with Gasteiger partial charge in [-0.15, -0.1) is 11.3 Å². The monoisotopic (exact) mass is 366 g/mol. The Morgan fingerprint density at radius 2 is 1.95 bits per heavy atom. The van der Waals surface area contributed by atoms with Crippen LogP contribution >= 0.6 is 34.5 Å². The van der Waals surface area contributed by atoms with Crippen LogP contribution in [0.1, 0.15) is 0 Å². The molecule has 21 heavy (non-hydrogen) atoms. The van der Waals surface area contributed by atoms with Crippen LogP contribution in [0.3, 0.4) is 0 Å². The van der Waals surface area contributed by atoms with E-state index in [4.69, 9.17) is 33.0 Å². The molecule has 9 heteroatoms. The Morgan fingerprint density at radius 1 is 1.24 bits per heavy atom. The van der Waals surface area contributed by atoms with Crippen LogP contribution in [0.15, 0.2) is 38.8 Å². The lowest BCUT2D eigenvalue weighted by Gasteiger charge is -2.10. The average molecular weight is 367 g/mol. The molecule has 0 aliphatic rings. The van der Waals surface area contributed by atoms with Gasteiger partial charge in [-0.1, -0.05) is 29.3 Å². The van der Waals surface area contributed by atoms with E-state index in [0.29, 0.717) is 0 Å². The summed E-state index contributed by atoms with van der Waals surface area (Å²) in [4.78, 5) is 10.3. The van der Waals surface area contributed by atoms with Gasteiger partial charge in [0.05, 0.1) is 9.92 Å². The SMILES string of the molecule is O=C(O)COc1ccc(S(=O)(=O)c2cccs2)c(Cl)c1Cl. The molecule has 0 aliphatic heterocycles. The molecule has 2 rings (SSSR count). The van der Waals surface area contributed by atoms with Crippen LogP contribution in [0.25, 0.3) is 0 Å². The molecular formula is C12H8Cl2O5S2. The first-order chi connectivity index (χ1) is 9.84. The quantitative estimate of drug-likeness (QED) is 0.877. The second-order valence-corrected chi connectivity index (χ2v) is 7.66. The van der Waals surface area contributed by atoms with Crippen molar-refractivity contribution in [1.82, 2.24) is 0 Å². The number of aliphatic carboxylic acids is 1. The third-order valence-electron chi connectivity index (χ3n) is 2.41. The Morgan fingerprint density at radius 3 is 2.52 bits per heavy atom. The molecule has 1 aromatic heterocycles. The van der Waals surface area contributed by atoms with Gasteiger partial charge in [0.15, 0.2) is 6.61 Å². The van der Waals surface area contributed by atoms with Crippen LogP contribution in [-0.2, 0) is 14.6 Å². The Bertz CT molecular complexity index is 769. The van der Waals surface area contributed by atoms with Crippen LogP contribution < -0.4 is 4.74 Å². The number of rotatable bonds is 5. The van der Waals surface area contributed by atoms with Crippen molar-refractivity contribution in [1.29, 1.82) is 0 Å². The van der Waals surface area contributed by atoms with Crippen molar-refractivity contribution in [3.8, 4) is 5.75 Å². The second-order valence-electron chi connectivity index (χ2n) is 3.81. The van der Waals surface area contributed by atoms with Crippen molar-refractivity contribution in [2.75, 3.05) is 6.61 Å². The van der Waals surface area contributed by atoms with Crippen molar-refractivity contribution in [2.24, 2.45) is 0 Å². The highest BCUT2D eigenvalue weighted by molar-refractivity contribution is 7.93. The fourth-order valence-electron chi connectivity index (χ4n) is 1.50. The number of hydrogen-bond donors (Lipinski definition) is 1. The number of sulfone groups is 1. The van der Waals surface area contributed by atoms with Crippen molar-refractivity contribution >= 4 is 50.3 Å². The molecule has 0 fully saturated rings. The molecule has 0 unspecified atom stereocenters. The van der Waals surface area contributed by atoms with E-state index in [1.165, 1.54) is 18.2 Å². The molecule has 0 spiro atoms. The fraction of sp³-hybridized carbons (Fsp3) is 0.0833. The Balaban J connectivity index is 2.44. The van der Waals surface area contributed by atoms with Crippen LogP contribution in [-0.4, -0.2) is 26.1 Å². The van der Waals surface area contributed by atoms with Gasteiger partial charge < -0.3 is 9.84 Å². The number of halogens is 2. The summed E-state index contributed by atoms with van der Waals surface area (Å²) in [5.41, 5.74) is 0. The molecule has 2 aromatic rings. The minimum absolute atomic E-state index is 0.00852. The number of benzene rings is 1. The Labute approximate surface area is 134 Å². The minimum Gasteiger partial charge on any atom is -0.480 e. The van der Waals surface area contributed by atoms with Crippen molar-refractivity contribution in [2.45, 2.75) is 9.10 Å². The third-order valence-corrected chi connectivity index (χ3v) is 6.58. The van der Waals surface area contributed by atoms with Gasteiger partial charge in [0.25, 0.3) is 0 Å². The van der Waals surface area contributed by atoms with Crippen LogP contribution in [0.5, 0.6) is 5.75 Å². The predicted octanol–water partition coefficient (Wildman–Crippen LogP) is 3.35. The predicted molar refractivity (Wildman–Crippen MR) is 79.4 cm³/mol. The third kappa shape index (κ3) is 3.32. The van der Waals surface area contributed by atoms with Gasteiger partial charge in [-0.05, 0) is 23.6 Å². The van der Waals surface area contributed by atoms with Crippen molar-refractivity contribution in [3.05, 3.63) is 39.7 Å². The molecule has 1 heterocycles. The number of carboxylic acids is 1. The molecule has 0 radical (unpaired) electrons. The van der Waals surface area contributed by atoms with Crippen molar-refractivity contribution < 1.29 is 23.1 Å². The molecular weight excluding hydrogens is 359 g/mol. The lowest BCUT2D eigenvalue weighted by molar-refractivity contribution is -0.139. The lowest BCUT2D eigenvalue weighted by Crippen LogP contribution is -2.10. The van der Waals surface area contributed by atoms with Gasteiger partial charge >= 0.3 is 5.97 Å². The highest BCUT2D eigenvalue weighted by Gasteiger charge is 2.25. The maximum Gasteiger partial charge on any atom is 0.341 e. The van der Waals surface area contributed by atoms with E-state index in [0.717, 1.165) is 11.3 Å². The van der Waals surface area contributed by atoms with Gasteiger partial charge in [0, 0.05) is 0 Å². The number of carboxylic acid groups (broad SMARTS) is 1. The van der Waals surface area contributed by atoms with E-state index in [1.54, 1.807) is 11.4 Å². The summed E-state index contributed by atoms with van der Waals surface area (Å²) < 4.78 is 29.8. The summed E-state index contributed by atoms with van der Waals surface area (Å²) >= 11 is 13.0. The maximum atomic E-state index is 12.4. The van der Waals surface area contributed by atoms with Crippen LogP contribution in [0.2, 0.25) is 10.0 Å². The molecule has 0 saturated carbocycles. The average Bonchev–Trinajstić information content (AvgIpc) is 2.94. The number of ether oxygens (including phenoxy) is 1. The van der Waals surface area contributed by atoms with Gasteiger partial charge in [-0.3, -0.25) is 0 Å². The summed E-state index contributed by atoms with van der Waals surface area (Å²) in [6.07, 6.45) is 0. The van der Waals surface area contributed by atoms with E-state index in [9.17, 15) is 13.2 Å². The zero-order valence-corrected chi connectivity index (χ0v) is 13.4. The molecule has 0 saturated heterocycles. The zero-order chi connectivity index (χ0) is 15.6. The topological polar surface area (TPSA) is 80.7 Å². The summed E-state index contributed by atoms with van der Waals surface area (Å²) in [6.45, 7) is -0.604. The lowest BCUT2D eigenvalue weighted by atomic mass is 10.3. The summed E-state index contributed by atoms with van der Waals surface area (Å²) in [5, 5.41) is 9.84. The number of carbonyl (C=O) groups is 1. The summed E-state index contributed by atoms with van der Waals surface area (Å²) in [5.74, 6) is -1.17. The largest absolute Gasteiger partial charge is 0.480 e. The molecule has 5 nitrogen and oxygen atoms in total. The molecule has 112 valence electrons. The molecule has 0 amide bonds. The molecule has 1 aromatic carbocycles. The van der Waals surface area contributed by atoms with Gasteiger partial charge in [0.1, 0.15) is 15.0 Å². The molecule has 0 atom stereocenters. The highest BCUT2D eigenvalue weighted by Crippen LogP contribution is 2.39. The van der Waals surface area contributed by atoms with E-state index in [2.05, 4.69) is 0 Å². The molecule has 1 N–H and O–H groups in total. The molecule has 0 aliphatic carbocycles. The summed E-state index contributed by atoms with van der Waals surface area (Å²) in [6, 6.07) is 5.58. The first-order valence-corrected chi connectivity index (χ1v) is 8.57. The normalized spacial score (nSPS) is 11.3. The van der Waals surface area contributed by atoms with E-state index in [-0.39, 0.29) is 24.9 Å². The maximum absolute atomic E-state index is 12.4. The van der Waals surface area contributed by atoms with E-state index < -0.39 is 22.4 Å². The van der Waals surface area contributed by atoms with Gasteiger partial charge in [-0.25, -0.2) is 13.2 Å². The second kappa shape index (κ2) is 6.23. The van der Waals surface area contributed by atoms with E-state index >= 15 is 0 Å². The van der Waals surface area contributed by atoms with Gasteiger partial charge in [-0.2, -0.15) is 0 Å². The first-order valence-electron chi connectivity index (χ1n) is 5.45. The minimum atomic E-state index is -3.77. The summed E-state index contributed by atoms with van der Waals surface area (Å²) in [7, 11) is -3.77. The smallest absolute Gasteiger partial charge is 0.341 e. The molecule has 0 bridgehead atoms. The Hall–Kier alpha value is -1.28. The number of thiophene rings is 1. The first kappa shape index (κ1) is 16.1. The fourth-order valence-corrected chi connectivity index (χ4v) is 4.68. The van der Waals surface area contributed by atoms with Crippen LogP contribution in [0, 0.1) is 0 Å². The zero-order valence-electron chi connectivity index (χ0n) is 10.2. The highest BCUT2D eigenvalue weighted by atomic mass is 35.5. The van der Waals surface area contributed by atoms with Crippen LogP contribution in [0.4, 0.5) is 0 Å². The Kier molecular flexibility index (Phi) is 4.77. The van der Waals surface area contributed by atoms with E-state index in [1.807, 2.05) is 0 Å². The van der Waals surface area contributed by atoms with Crippen molar-refractivity contribution in [3.63, 3.8) is 0 Å².